The molecule has 5 N–H and O–H groups in total. The summed E-state index contributed by atoms with van der Waals surface area (Å²) < 4.78 is 0. The fraction of sp³-hybridized carbons (Fsp3) is 0.583. The smallest absolute Gasteiger partial charge is 0.227 e. The normalized spacial score (nSPS) is 11.0. The minimum absolute atomic E-state index is 0.0260. The van der Waals surface area contributed by atoms with Gasteiger partial charge in [0.1, 0.15) is 17.5 Å². The van der Waals surface area contributed by atoms with Crippen LogP contribution in [0.15, 0.2) is 6.07 Å². The van der Waals surface area contributed by atoms with E-state index in [1.54, 1.807) is 13.1 Å². The van der Waals surface area contributed by atoms with Gasteiger partial charge in [-0.05, 0) is 13.8 Å². The van der Waals surface area contributed by atoms with Gasteiger partial charge in [-0.2, -0.15) is 0 Å². The molecule has 0 aliphatic rings. The van der Waals surface area contributed by atoms with Gasteiger partial charge < -0.3 is 16.1 Å². The van der Waals surface area contributed by atoms with Gasteiger partial charge in [0.15, 0.2) is 0 Å². The predicted molar refractivity (Wildman–Crippen MR) is 75.6 cm³/mol. The average molecular weight is 266 g/mol. The zero-order chi connectivity index (χ0) is 14.5. The van der Waals surface area contributed by atoms with Crippen LogP contribution < -0.4 is 21.9 Å². The molecule has 0 aliphatic carbocycles. The summed E-state index contributed by atoms with van der Waals surface area (Å²) >= 11 is 0. The number of aromatic nitrogens is 2. The highest BCUT2D eigenvalue weighted by molar-refractivity contribution is 5.82. The van der Waals surface area contributed by atoms with Crippen molar-refractivity contribution in [3.63, 3.8) is 0 Å². The highest BCUT2D eigenvalue weighted by Gasteiger charge is 2.26. The Labute approximate surface area is 113 Å². The molecule has 1 aromatic heterocycles. The predicted octanol–water partition coefficient (Wildman–Crippen LogP) is 0.509. The molecule has 0 fully saturated rings. The van der Waals surface area contributed by atoms with E-state index < -0.39 is 5.41 Å². The molecule has 7 nitrogen and oxygen atoms in total. The lowest BCUT2D eigenvalue weighted by molar-refractivity contribution is -0.128. The lowest BCUT2D eigenvalue weighted by atomic mass is 9.92. The molecule has 1 heterocycles. The monoisotopic (exact) mass is 266 g/mol. The van der Waals surface area contributed by atoms with Gasteiger partial charge in [-0.3, -0.25) is 4.79 Å². The molecule has 0 unspecified atom stereocenters. The number of nitrogen functional groups attached to an aromatic ring is 1. The van der Waals surface area contributed by atoms with E-state index in [0.29, 0.717) is 30.4 Å². The topological polar surface area (TPSA) is 105 Å². The molecule has 106 valence electrons. The van der Waals surface area contributed by atoms with E-state index in [4.69, 9.17) is 5.84 Å². The van der Waals surface area contributed by atoms with Crippen LogP contribution >= 0.6 is 0 Å². The van der Waals surface area contributed by atoms with Gasteiger partial charge in [-0.15, -0.1) is 0 Å². The van der Waals surface area contributed by atoms with Crippen LogP contribution in [0.1, 0.15) is 26.6 Å². The molecule has 19 heavy (non-hydrogen) atoms. The second-order valence-corrected chi connectivity index (χ2v) is 4.87. The molecule has 0 saturated heterocycles. The van der Waals surface area contributed by atoms with E-state index in [1.165, 1.54) is 0 Å². The van der Waals surface area contributed by atoms with Crippen molar-refractivity contribution >= 4 is 17.5 Å². The van der Waals surface area contributed by atoms with Crippen LogP contribution in [0.4, 0.5) is 11.6 Å². The average Bonchev–Trinajstić information content (AvgIpc) is 2.43. The molecule has 0 aliphatic heterocycles. The largest absolute Gasteiger partial charge is 0.369 e. The highest BCUT2D eigenvalue weighted by atomic mass is 16.2. The molecule has 1 rings (SSSR count). The minimum atomic E-state index is -0.525. The number of rotatable bonds is 6. The summed E-state index contributed by atoms with van der Waals surface area (Å²) in [5, 5.41) is 5.78. The fourth-order valence-corrected chi connectivity index (χ4v) is 1.55. The van der Waals surface area contributed by atoms with Crippen molar-refractivity contribution in [2.24, 2.45) is 11.3 Å². The van der Waals surface area contributed by atoms with Crippen LogP contribution in [0.2, 0.25) is 0 Å². The number of nitrogens with two attached hydrogens (primary N) is 1. The van der Waals surface area contributed by atoms with Crippen molar-refractivity contribution in [2.75, 3.05) is 24.3 Å². The Morgan fingerprint density at radius 3 is 2.53 bits per heavy atom. The van der Waals surface area contributed by atoms with Crippen molar-refractivity contribution in [3.05, 3.63) is 11.9 Å². The first-order valence-electron chi connectivity index (χ1n) is 6.23. The van der Waals surface area contributed by atoms with Gasteiger partial charge in [-0.25, -0.2) is 15.8 Å². The lowest BCUT2D eigenvalue weighted by Crippen LogP contribution is -2.39. The van der Waals surface area contributed by atoms with Gasteiger partial charge in [0.05, 0.1) is 5.41 Å². The Balaban J connectivity index is 2.80. The Hall–Kier alpha value is -1.89. The zero-order valence-corrected chi connectivity index (χ0v) is 11.9. The summed E-state index contributed by atoms with van der Waals surface area (Å²) in [6.45, 7) is 6.16. The summed E-state index contributed by atoms with van der Waals surface area (Å²) in [6, 6.07) is 1.71. The molecule has 0 bridgehead atoms. The summed E-state index contributed by atoms with van der Waals surface area (Å²) in [4.78, 5) is 20.2. The summed E-state index contributed by atoms with van der Waals surface area (Å²) in [5.41, 5.74) is 1.98. The van der Waals surface area contributed by atoms with Gasteiger partial charge in [0.2, 0.25) is 5.91 Å². The molecule has 0 radical (unpaired) electrons. The Bertz CT molecular complexity index is 424. The number of hydrogen-bond donors (Lipinski definition) is 4. The van der Waals surface area contributed by atoms with Crippen LogP contribution in [0.3, 0.4) is 0 Å². The van der Waals surface area contributed by atoms with E-state index in [9.17, 15) is 4.79 Å². The van der Waals surface area contributed by atoms with Crippen LogP contribution in [0.25, 0.3) is 0 Å². The molecule has 1 aromatic rings. The lowest BCUT2D eigenvalue weighted by Gasteiger charge is -2.23. The third-order valence-corrected chi connectivity index (χ3v) is 2.79. The molecule has 0 aromatic carbocycles. The van der Waals surface area contributed by atoms with Gasteiger partial charge in [-0.1, -0.05) is 6.92 Å². The number of nitrogens with zero attached hydrogens (tertiary/aromatic N) is 2. The van der Waals surface area contributed by atoms with Crippen molar-refractivity contribution < 1.29 is 4.79 Å². The minimum Gasteiger partial charge on any atom is -0.369 e. The quantitative estimate of drug-likeness (QED) is 0.442. The van der Waals surface area contributed by atoms with Crippen LogP contribution in [-0.2, 0) is 11.2 Å². The van der Waals surface area contributed by atoms with E-state index in [0.717, 1.165) is 0 Å². The number of nitrogens with one attached hydrogen (secondary N) is 3. The molecule has 0 atom stereocenters. The Kier molecular flexibility index (Phi) is 5.05. The van der Waals surface area contributed by atoms with Crippen molar-refractivity contribution in [1.29, 1.82) is 0 Å². The first-order valence-corrected chi connectivity index (χ1v) is 6.23. The second kappa shape index (κ2) is 6.33. The second-order valence-electron chi connectivity index (χ2n) is 4.87. The summed E-state index contributed by atoms with van der Waals surface area (Å²) in [5.74, 6) is 7.22. The van der Waals surface area contributed by atoms with Crippen LogP contribution in [-0.4, -0.2) is 29.5 Å². The maximum atomic E-state index is 11.7. The third kappa shape index (κ3) is 4.06. The van der Waals surface area contributed by atoms with E-state index in [2.05, 4.69) is 26.0 Å². The SMILES string of the molecule is CCc1nc(NN)cc(NCC(C)(C)C(=O)NC)n1. The number of hydrazine groups is 1. The molecule has 1 amide bonds. The number of aryl methyl sites for hydroxylation is 1. The first kappa shape index (κ1) is 15.2. The van der Waals surface area contributed by atoms with Crippen molar-refractivity contribution in [2.45, 2.75) is 27.2 Å². The molecule has 0 saturated carbocycles. The van der Waals surface area contributed by atoms with Crippen molar-refractivity contribution in [1.82, 2.24) is 15.3 Å². The van der Waals surface area contributed by atoms with Crippen LogP contribution in [0, 0.1) is 5.41 Å². The summed E-state index contributed by atoms with van der Waals surface area (Å²) in [7, 11) is 1.63. The van der Waals surface area contributed by atoms with E-state index in [1.807, 2.05) is 20.8 Å². The number of carbonyl (C=O) groups excluding carboxylic acids is 1. The third-order valence-electron chi connectivity index (χ3n) is 2.79. The molecular formula is C12H22N6O. The van der Waals surface area contributed by atoms with Gasteiger partial charge in [0.25, 0.3) is 0 Å². The number of anilines is 2. The zero-order valence-electron chi connectivity index (χ0n) is 11.9. The van der Waals surface area contributed by atoms with Gasteiger partial charge in [0, 0.05) is 26.1 Å². The van der Waals surface area contributed by atoms with E-state index >= 15 is 0 Å². The molecular weight excluding hydrogens is 244 g/mol. The van der Waals surface area contributed by atoms with Gasteiger partial charge >= 0.3 is 0 Å². The number of amides is 1. The Morgan fingerprint density at radius 1 is 1.37 bits per heavy atom. The first-order chi connectivity index (χ1) is 8.92. The Morgan fingerprint density at radius 2 is 2.00 bits per heavy atom. The maximum Gasteiger partial charge on any atom is 0.227 e. The van der Waals surface area contributed by atoms with Crippen LogP contribution in [0.5, 0.6) is 0 Å². The standard InChI is InChI=1S/C12H22N6O/c1-5-8-16-9(6-10(17-8)18-13)15-7-12(2,3)11(19)14-4/h6H,5,7,13H2,1-4H3,(H,14,19)(H2,15,16,17,18). The van der Waals surface area contributed by atoms with Crippen molar-refractivity contribution in [3.8, 4) is 0 Å². The molecule has 0 spiro atoms. The summed E-state index contributed by atoms with van der Waals surface area (Å²) in [6.07, 6.45) is 0.711. The maximum absolute atomic E-state index is 11.7. The highest BCUT2D eigenvalue weighted by Crippen LogP contribution is 2.17. The number of hydrogen-bond acceptors (Lipinski definition) is 6. The van der Waals surface area contributed by atoms with E-state index in [-0.39, 0.29) is 5.91 Å². The fourth-order valence-electron chi connectivity index (χ4n) is 1.55. The number of carbonyl (C=O) groups is 1. The molecule has 7 heteroatoms.